The number of hydrogen-bond acceptors (Lipinski definition) is 4. The fourth-order valence-corrected chi connectivity index (χ4v) is 4.09. The fraction of sp³-hybridized carbons (Fsp3) is 0.333. The van der Waals surface area contributed by atoms with Crippen LogP contribution in [0.25, 0.3) is 21.9 Å². The van der Waals surface area contributed by atoms with Crippen LogP contribution < -0.4 is 10.3 Å². The molecule has 4 rings (SSSR count). The van der Waals surface area contributed by atoms with Crippen LogP contribution in [0.5, 0.6) is 5.75 Å². The zero-order chi connectivity index (χ0) is 20.2. The maximum absolute atomic E-state index is 12.8. The van der Waals surface area contributed by atoms with Gasteiger partial charge in [-0.25, -0.2) is 0 Å². The average Bonchev–Trinajstić information content (AvgIpc) is 2.77. The Labute approximate surface area is 170 Å². The van der Waals surface area contributed by atoms with Crippen molar-refractivity contribution in [2.45, 2.75) is 19.3 Å². The molecule has 1 aromatic heterocycles. The van der Waals surface area contributed by atoms with Crippen LogP contribution in [-0.2, 0) is 7.05 Å². The smallest absolute Gasteiger partial charge is 0.259 e. The summed E-state index contributed by atoms with van der Waals surface area (Å²) in [6, 6.07) is 17.5. The number of aromatic nitrogens is 1. The average molecular weight is 387 g/mol. The molecule has 0 atom stereocenters. The van der Waals surface area contributed by atoms with Gasteiger partial charge in [0.2, 0.25) is 0 Å². The molecule has 5 nitrogen and oxygen atoms in total. The second-order valence-corrected chi connectivity index (χ2v) is 7.52. The Bertz CT molecular complexity index is 1110. The van der Waals surface area contributed by atoms with Gasteiger partial charge in [0.25, 0.3) is 5.56 Å². The van der Waals surface area contributed by atoms with Gasteiger partial charge in [0.1, 0.15) is 24.1 Å². The van der Waals surface area contributed by atoms with Crippen molar-refractivity contribution in [3.05, 3.63) is 64.6 Å². The normalized spacial score (nSPS) is 14.6. The van der Waals surface area contributed by atoms with Gasteiger partial charge in [-0.3, -0.25) is 9.69 Å². The molecule has 2 aromatic carbocycles. The van der Waals surface area contributed by atoms with Crippen molar-refractivity contribution in [3.63, 3.8) is 0 Å². The Morgan fingerprint density at radius 1 is 1.03 bits per heavy atom. The number of hydrogen-bond donors (Lipinski definition) is 0. The third-order valence-corrected chi connectivity index (χ3v) is 5.66. The minimum atomic E-state index is -0.170. The van der Waals surface area contributed by atoms with Crippen LogP contribution in [0.4, 0.5) is 0 Å². The summed E-state index contributed by atoms with van der Waals surface area (Å²) in [5.41, 5.74) is 1.87. The largest absolute Gasteiger partial charge is 0.492 e. The fourth-order valence-electron chi connectivity index (χ4n) is 4.09. The van der Waals surface area contributed by atoms with Crippen LogP contribution in [0.2, 0.25) is 0 Å². The molecule has 5 heteroatoms. The van der Waals surface area contributed by atoms with Crippen molar-refractivity contribution < 1.29 is 4.74 Å². The number of likely N-dealkylation sites (tertiary alicyclic amines) is 1. The highest BCUT2D eigenvalue weighted by Crippen LogP contribution is 2.32. The Hall–Kier alpha value is -3.10. The third kappa shape index (κ3) is 3.90. The standard InChI is InChI=1S/C24H25N3O2/c1-26-22(17-25)23(18-8-4-2-5-9-18)21-16-19(10-11-20(21)24(26)28)29-15-14-27-12-6-3-7-13-27/h2,4-5,8-11,16H,3,6-7,12-15H2,1H3. The molecule has 1 aliphatic heterocycles. The lowest BCUT2D eigenvalue weighted by Gasteiger charge is -2.26. The van der Waals surface area contributed by atoms with E-state index in [0.29, 0.717) is 17.7 Å². The number of nitriles is 1. The first kappa shape index (κ1) is 19.2. The van der Waals surface area contributed by atoms with Gasteiger partial charge in [0.15, 0.2) is 0 Å². The van der Waals surface area contributed by atoms with E-state index >= 15 is 0 Å². The minimum absolute atomic E-state index is 0.170. The van der Waals surface area contributed by atoms with Gasteiger partial charge in [0, 0.05) is 29.9 Å². The summed E-state index contributed by atoms with van der Waals surface area (Å²) in [5, 5.41) is 11.1. The summed E-state index contributed by atoms with van der Waals surface area (Å²) >= 11 is 0. The molecule has 148 valence electrons. The van der Waals surface area contributed by atoms with Gasteiger partial charge < -0.3 is 9.30 Å². The van der Waals surface area contributed by atoms with Crippen LogP contribution >= 0.6 is 0 Å². The lowest BCUT2D eigenvalue weighted by Crippen LogP contribution is -2.33. The molecule has 0 saturated carbocycles. The van der Waals surface area contributed by atoms with Crippen molar-refractivity contribution in [2.75, 3.05) is 26.2 Å². The van der Waals surface area contributed by atoms with E-state index in [4.69, 9.17) is 4.74 Å². The predicted octanol–water partition coefficient (Wildman–Crippen LogP) is 3.94. The van der Waals surface area contributed by atoms with Crippen LogP contribution in [0.15, 0.2) is 53.3 Å². The van der Waals surface area contributed by atoms with E-state index in [1.165, 1.54) is 23.8 Å². The molecule has 29 heavy (non-hydrogen) atoms. The Balaban J connectivity index is 1.72. The molecule has 0 amide bonds. The van der Waals surface area contributed by atoms with Crippen molar-refractivity contribution in [2.24, 2.45) is 7.05 Å². The molecule has 1 aliphatic rings. The molecule has 2 heterocycles. The van der Waals surface area contributed by atoms with Gasteiger partial charge >= 0.3 is 0 Å². The number of nitrogens with zero attached hydrogens (tertiary/aromatic N) is 3. The number of rotatable bonds is 5. The molecule has 0 radical (unpaired) electrons. The number of pyridine rings is 1. The first-order valence-electron chi connectivity index (χ1n) is 10.2. The highest BCUT2D eigenvalue weighted by Gasteiger charge is 2.17. The van der Waals surface area contributed by atoms with Gasteiger partial charge in [-0.1, -0.05) is 36.8 Å². The van der Waals surface area contributed by atoms with Crippen molar-refractivity contribution in [3.8, 4) is 22.9 Å². The van der Waals surface area contributed by atoms with Gasteiger partial charge in [-0.05, 0) is 49.7 Å². The quantitative estimate of drug-likeness (QED) is 0.665. The van der Waals surface area contributed by atoms with E-state index in [-0.39, 0.29) is 5.56 Å². The summed E-state index contributed by atoms with van der Waals surface area (Å²) in [7, 11) is 1.65. The summed E-state index contributed by atoms with van der Waals surface area (Å²) in [6.45, 7) is 3.80. The number of ether oxygens (including phenoxy) is 1. The zero-order valence-corrected chi connectivity index (χ0v) is 16.7. The highest BCUT2D eigenvalue weighted by atomic mass is 16.5. The molecule has 1 fully saturated rings. The predicted molar refractivity (Wildman–Crippen MR) is 115 cm³/mol. The second-order valence-electron chi connectivity index (χ2n) is 7.52. The van der Waals surface area contributed by atoms with Crippen molar-refractivity contribution in [1.82, 2.24) is 9.47 Å². The SMILES string of the molecule is Cn1c(C#N)c(-c2ccccc2)c2cc(OCCN3CCCCC3)ccc2c1=O. The number of fused-ring (bicyclic) bond motifs is 1. The van der Waals surface area contributed by atoms with E-state index < -0.39 is 0 Å². The summed E-state index contributed by atoms with van der Waals surface area (Å²) in [5.74, 6) is 0.726. The van der Waals surface area contributed by atoms with E-state index in [1.54, 1.807) is 7.05 Å². The summed E-state index contributed by atoms with van der Waals surface area (Å²) in [6.07, 6.45) is 3.84. The molecule has 1 saturated heterocycles. The first-order chi connectivity index (χ1) is 14.2. The molecule has 0 aliphatic carbocycles. The maximum Gasteiger partial charge on any atom is 0.259 e. The lowest BCUT2D eigenvalue weighted by atomic mass is 9.97. The Morgan fingerprint density at radius 2 is 1.79 bits per heavy atom. The Kier molecular flexibility index (Phi) is 5.64. The van der Waals surface area contributed by atoms with Crippen LogP contribution in [0.3, 0.4) is 0 Å². The summed E-state index contributed by atoms with van der Waals surface area (Å²) in [4.78, 5) is 15.2. The van der Waals surface area contributed by atoms with E-state index in [0.717, 1.165) is 41.9 Å². The van der Waals surface area contributed by atoms with Gasteiger partial charge in [0.05, 0.1) is 0 Å². The second kappa shape index (κ2) is 8.50. The summed E-state index contributed by atoms with van der Waals surface area (Å²) < 4.78 is 7.45. The van der Waals surface area contributed by atoms with Crippen LogP contribution in [0, 0.1) is 11.3 Å². The monoisotopic (exact) mass is 387 g/mol. The molecule has 0 unspecified atom stereocenters. The van der Waals surface area contributed by atoms with E-state index in [2.05, 4.69) is 11.0 Å². The Morgan fingerprint density at radius 3 is 2.52 bits per heavy atom. The molecule has 0 N–H and O–H groups in total. The van der Waals surface area contributed by atoms with Crippen molar-refractivity contribution >= 4 is 10.8 Å². The molecular formula is C24H25N3O2. The topological polar surface area (TPSA) is 58.3 Å². The molecule has 3 aromatic rings. The minimum Gasteiger partial charge on any atom is -0.492 e. The van der Waals surface area contributed by atoms with E-state index in [1.807, 2.05) is 48.5 Å². The van der Waals surface area contributed by atoms with Gasteiger partial charge in [-0.2, -0.15) is 5.26 Å². The molecular weight excluding hydrogens is 362 g/mol. The van der Waals surface area contributed by atoms with Gasteiger partial charge in [-0.15, -0.1) is 0 Å². The third-order valence-electron chi connectivity index (χ3n) is 5.66. The van der Waals surface area contributed by atoms with Crippen LogP contribution in [0.1, 0.15) is 25.0 Å². The molecule has 0 spiro atoms. The lowest BCUT2D eigenvalue weighted by molar-refractivity contribution is 0.183. The van der Waals surface area contributed by atoms with Crippen LogP contribution in [-0.4, -0.2) is 35.7 Å². The molecule has 0 bridgehead atoms. The number of benzene rings is 2. The van der Waals surface area contributed by atoms with Crippen molar-refractivity contribution in [1.29, 1.82) is 5.26 Å². The first-order valence-corrected chi connectivity index (χ1v) is 10.2. The maximum atomic E-state index is 12.8. The highest BCUT2D eigenvalue weighted by molar-refractivity contribution is 5.99. The number of piperidine rings is 1. The zero-order valence-electron chi connectivity index (χ0n) is 16.7. The van der Waals surface area contributed by atoms with E-state index in [9.17, 15) is 10.1 Å².